The van der Waals surface area contributed by atoms with Crippen LogP contribution in [-0.4, -0.2) is 12.5 Å². The molecule has 1 amide bonds. The number of benzene rings is 3. The van der Waals surface area contributed by atoms with Gasteiger partial charge in [0, 0.05) is 16.1 Å². The molecule has 0 saturated carbocycles. The summed E-state index contributed by atoms with van der Waals surface area (Å²) in [6.45, 7) is -0.395. The first-order chi connectivity index (χ1) is 15.6. The van der Waals surface area contributed by atoms with Gasteiger partial charge in [-0.25, -0.2) is 0 Å². The lowest BCUT2D eigenvalue weighted by molar-refractivity contribution is -0.118. The third-order valence-corrected chi connectivity index (χ3v) is 5.20. The number of carbonyl (C=O) groups is 1. The van der Waals surface area contributed by atoms with E-state index in [0.29, 0.717) is 22.1 Å². The number of nitrogens with one attached hydrogen (secondary N) is 1. The Bertz CT molecular complexity index is 1500. The first-order valence-corrected chi connectivity index (χ1v) is 10.2. The molecule has 3 aromatic carbocycles. The van der Waals surface area contributed by atoms with Crippen LogP contribution in [0.3, 0.4) is 0 Å². The van der Waals surface area contributed by atoms with E-state index in [1.165, 1.54) is 12.3 Å². The van der Waals surface area contributed by atoms with Crippen LogP contribution in [-0.2, 0) is 4.79 Å². The van der Waals surface area contributed by atoms with Crippen LogP contribution in [0.4, 0.5) is 5.69 Å². The lowest BCUT2D eigenvalue weighted by Gasteiger charge is -2.12. The van der Waals surface area contributed by atoms with Crippen molar-refractivity contribution in [3.63, 3.8) is 0 Å². The second-order valence-corrected chi connectivity index (χ2v) is 7.51. The lowest BCUT2D eigenvalue weighted by atomic mass is 10.1. The predicted octanol–water partition coefficient (Wildman–Crippen LogP) is 5.88. The fourth-order valence-corrected chi connectivity index (χ4v) is 3.68. The highest BCUT2D eigenvalue weighted by Crippen LogP contribution is 2.32. The minimum absolute atomic E-state index is 0.104. The van der Waals surface area contributed by atoms with E-state index in [1.54, 1.807) is 30.3 Å². The van der Waals surface area contributed by atoms with E-state index in [-0.39, 0.29) is 16.9 Å². The largest absolute Gasteiger partial charge is 0.476 e. The molecular weight excluding hydrogens is 430 g/mol. The molecule has 1 N–H and O–H groups in total. The topological polar surface area (TPSA) is 81.7 Å². The molecule has 32 heavy (non-hydrogen) atoms. The maximum absolute atomic E-state index is 13.1. The number of anilines is 1. The van der Waals surface area contributed by atoms with Gasteiger partial charge in [0.2, 0.25) is 16.9 Å². The summed E-state index contributed by atoms with van der Waals surface area (Å²) >= 11 is 6.04. The summed E-state index contributed by atoms with van der Waals surface area (Å²) in [5.74, 6) is -0.128. The molecule has 0 saturated heterocycles. The van der Waals surface area contributed by atoms with Gasteiger partial charge in [0.05, 0.1) is 11.6 Å². The SMILES string of the molecule is O=C(COc1c(-c2ccco2)oc2ccc(Cl)cc2c1=O)Nc1cccc2ccccc12. The lowest BCUT2D eigenvalue weighted by Crippen LogP contribution is -2.22. The van der Waals surface area contributed by atoms with E-state index in [9.17, 15) is 9.59 Å². The van der Waals surface area contributed by atoms with E-state index in [0.717, 1.165) is 10.8 Å². The Hall–Kier alpha value is -4.03. The smallest absolute Gasteiger partial charge is 0.262 e. The Morgan fingerprint density at radius 3 is 2.66 bits per heavy atom. The second kappa shape index (κ2) is 8.24. The maximum Gasteiger partial charge on any atom is 0.262 e. The molecule has 6 nitrogen and oxygen atoms in total. The summed E-state index contributed by atoms with van der Waals surface area (Å²) in [4.78, 5) is 25.8. The van der Waals surface area contributed by atoms with Gasteiger partial charge in [0.25, 0.3) is 5.91 Å². The number of ether oxygens (including phenoxy) is 1. The quantitative estimate of drug-likeness (QED) is 0.365. The van der Waals surface area contributed by atoms with Gasteiger partial charge in [-0.2, -0.15) is 0 Å². The first kappa shape index (κ1) is 19.9. The third kappa shape index (κ3) is 3.72. The standard InChI is InChI=1S/C25H16ClNO5/c26-16-10-11-20-18(13-16)23(29)25(24(32-20)21-9-4-12-30-21)31-14-22(28)27-19-8-3-6-15-5-1-2-7-17(15)19/h1-13H,14H2,(H,27,28). The van der Waals surface area contributed by atoms with Crippen molar-refractivity contribution in [3.05, 3.63) is 94.3 Å². The van der Waals surface area contributed by atoms with Gasteiger partial charge in [0.15, 0.2) is 12.4 Å². The molecule has 0 radical (unpaired) electrons. The monoisotopic (exact) mass is 445 g/mol. The third-order valence-electron chi connectivity index (χ3n) is 4.97. The Morgan fingerprint density at radius 2 is 1.81 bits per heavy atom. The highest BCUT2D eigenvalue weighted by atomic mass is 35.5. The molecule has 0 fully saturated rings. The van der Waals surface area contributed by atoms with E-state index in [1.807, 2.05) is 36.4 Å². The van der Waals surface area contributed by atoms with Gasteiger partial charge in [0.1, 0.15) is 5.58 Å². The molecule has 158 valence electrons. The molecular formula is C25H16ClNO5. The first-order valence-electron chi connectivity index (χ1n) is 9.81. The molecule has 0 unspecified atom stereocenters. The number of hydrogen-bond acceptors (Lipinski definition) is 5. The average Bonchev–Trinajstić information content (AvgIpc) is 3.34. The summed E-state index contributed by atoms with van der Waals surface area (Å²) in [5, 5.41) is 5.37. The Balaban J connectivity index is 1.47. The molecule has 5 rings (SSSR count). The number of fused-ring (bicyclic) bond motifs is 2. The van der Waals surface area contributed by atoms with Crippen molar-refractivity contribution < 1.29 is 18.4 Å². The normalized spacial score (nSPS) is 11.0. The van der Waals surface area contributed by atoms with E-state index in [2.05, 4.69) is 5.32 Å². The molecule has 0 aliphatic heterocycles. The zero-order valence-corrected chi connectivity index (χ0v) is 17.4. The van der Waals surface area contributed by atoms with Crippen LogP contribution in [0, 0.1) is 0 Å². The van der Waals surface area contributed by atoms with Crippen molar-refractivity contribution in [1.29, 1.82) is 0 Å². The molecule has 2 aromatic heterocycles. The van der Waals surface area contributed by atoms with Crippen molar-refractivity contribution in [2.75, 3.05) is 11.9 Å². The minimum atomic E-state index is -0.446. The molecule has 0 aliphatic rings. The summed E-state index contributed by atoms with van der Waals surface area (Å²) in [6.07, 6.45) is 1.46. The zero-order valence-electron chi connectivity index (χ0n) is 16.6. The number of carbonyl (C=O) groups excluding carboxylic acids is 1. The van der Waals surface area contributed by atoms with Gasteiger partial charge >= 0.3 is 0 Å². The molecule has 0 bridgehead atoms. The Kier molecular flexibility index (Phi) is 5.13. The van der Waals surface area contributed by atoms with E-state index >= 15 is 0 Å². The fraction of sp³-hybridized carbons (Fsp3) is 0.0400. The molecule has 2 heterocycles. The fourth-order valence-electron chi connectivity index (χ4n) is 3.51. The number of furan rings is 1. The number of rotatable bonds is 5. The number of halogens is 1. The van der Waals surface area contributed by atoms with Crippen LogP contribution in [0.5, 0.6) is 5.75 Å². The van der Waals surface area contributed by atoms with Crippen LogP contribution in [0.15, 0.2) is 92.7 Å². The second-order valence-electron chi connectivity index (χ2n) is 7.07. The summed E-state index contributed by atoms with van der Waals surface area (Å²) in [6, 6.07) is 21.4. The van der Waals surface area contributed by atoms with Gasteiger partial charge in [-0.1, -0.05) is 48.0 Å². The highest BCUT2D eigenvalue weighted by molar-refractivity contribution is 6.31. The van der Waals surface area contributed by atoms with Gasteiger partial charge < -0.3 is 18.9 Å². The van der Waals surface area contributed by atoms with Crippen molar-refractivity contribution >= 4 is 44.9 Å². The van der Waals surface area contributed by atoms with Crippen molar-refractivity contribution in [2.45, 2.75) is 0 Å². The Labute approximate surface area is 187 Å². The average molecular weight is 446 g/mol. The van der Waals surface area contributed by atoms with E-state index in [4.69, 9.17) is 25.2 Å². The molecule has 0 atom stereocenters. The summed E-state index contributed by atoms with van der Waals surface area (Å²) < 4.78 is 16.9. The van der Waals surface area contributed by atoms with E-state index < -0.39 is 17.9 Å². The summed E-state index contributed by atoms with van der Waals surface area (Å²) in [5.41, 5.74) is 0.539. The minimum Gasteiger partial charge on any atom is -0.476 e. The van der Waals surface area contributed by atoms with Gasteiger partial charge in [-0.3, -0.25) is 9.59 Å². The highest BCUT2D eigenvalue weighted by Gasteiger charge is 2.21. The molecule has 0 spiro atoms. The van der Waals surface area contributed by atoms with Crippen molar-refractivity contribution in [1.82, 2.24) is 0 Å². The van der Waals surface area contributed by atoms with Crippen LogP contribution in [0.1, 0.15) is 0 Å². The van der Waals surface area contributed by atoms with Gasteiger partial charge in [-0.15, -0.1) is 0 Å². The summed E-state index contributed by atoms with van der Waals surface area (Å²) in [7, 11) is 0. The Morgan fingerprint density at radius 1 is 0.969 bits per heavy atom. The number of amides is 1. The van der Waals surface area contributed by atoms with Crippen molar-refractivity contribution in [2.24, 2.45) is 0 Å². The van der Waals surface area contributed by atoms with Crippen LogP contribution < -0.4 is 15.5 Å². The molecule has 5 aromatic rings. The molecule has 0 aliphatic carbocycles. The maximum atomic E-state index is 13.1. The molecule has 7 heteroatoms. The van der Waals surface area contributed by atoms with Crippen LogP contribution in [0.2, 0.25) is 5.02 Å². The zero-order chi connectivity index (χ0) is 22.1. The predicted molar refractivity (Wildman–Crippen MR) is 123 cm³/mol. The van der Waals surface area contributed by atoms with Crippen molar-refractivity contribution in [3.8, 4) is 17.3 Å². The van der Waals surface area contributed by atoms with Gasteiger partial charge in [-0.05, 0) is 41.8 Å². The van der Waals surface area contributed by atoms with Crippen LogP contribution in [0.25, 0.3) is 33.3 Å². The van der Waals surface area contributed by atoms with Crippen LogP contribution >= 0.6 is 11.6 Å². The number of hydrogen-bond donors (Lipinski definition) is 1.